The third-order valence-corrected chi connectivity index (χ3v) is 4.00. The van der Waals surface area contributed by atoms with E-state index in [0.29, 0.717) is 0 Å². The predicted octanol–water partition coefficient (Wildman–Crippen LogP) is 4.50. The molecule has 0 N–H and O–H groups in total. The van der Waals surface area contributed by atoms with Crippen LogP contribution < -0.4 is 9.47 Å². The topological polar surface area (TPSA) is 42.2 Å². The van der Waals surface area contributed by atoms with Crippen molar-refractivity contribution in [3.8, 4) is 17.6 Å². The minimum absolute atomic E-state index is 0.157. The number of rotatable bonds is 6. The van der Waals surface area contributed by atoms with Crippen LogP contribution in [0, 0.1) is 11.3 Å². The normalized spacial score (nSPS) is 13.0. The van der Waals surface area contributed by atoms with E-state index >= 15 is 0 Å². The number of hydrogen-bond acceptors (Lipinski definition) is 3. The van der Waals surface area contributed by atoms with Gasteiger partial charge in [0.15, 0.2) is 0 Å². The number of hydrogen-bond donors (Lipinski definition) is 0. The van der Waals surface area contributed by atoms with Crippen LogP contribution in [0.5, 0.6) is 11.5 Å². The molecule has 3 heteroatoms. The molecule has 0 aliphatic heterocycles. The zero-order chi connectivity index (χ0) is 15.9. The fourth-order valence-electron chi connectivity index (χ4n) is 2.72. The first-order valence-electron chi connectivity index (χ1n) is 7.41. The zero-order valence-electron chi connectivity index (χ0n) is 13.2. The Hall–Kier alpha value is -2.47. The van der Waals surface area contributed by atoms with Gasteiger partial charge in [0.2, 0.25) is 0 Å². The summed E-state index contributed by atoms with van der Waals surface area (Å²) < 4.78 is 10.4. The molecule has 0 saturated carbocycles. The molecule has 0 saturated heterocycles. The van der Waals surface area contributed by atoms with Gasteiger partial charge in [-0.2, -0.15) is 5.26 Å². The van der Waals surface area contributed by atoms with Gasteiger partial charge in [-0.05, 0) is 41.8 Å². The lowest BCUT2D eigenvalue weighted by atomic mass is 9.80. The Balaban J connectivity index is 2.30. The predicted molar refractivity (Wildman–Crippen MR) is 87.4 cm³/mol. The van der Waals surface area contributed by atoms with Gasteiger partial charge in [0.25, 0.3) is 0 Å². The maximum atomic E-state index is 9.66. The van der Waals surface area contributed by atoms with Gasteiger partial charge in [-0.3, -0.25) is 0 Å². The Morgan fingerprint density at radius 1 is 0.864 bits per heavy atom. The van der Waals surface area contributed by atoms with Gasteiger partial charge >= 0.3 is 0 Å². The molecule has 0 aliphatic carbocycles. The molecule has 2 atom stereocenters. The monoisotopic (exact) mass is 295 g/mol. The van der Waals surface area contributed by atoms with Crippen LogP contribution in [0.15, 0.2) is 48.5 Å². The van der Waals surface area contributed by atoms with E-state index in [9.17, 15) is 5.26 Å². The molecular formula is C19H21NO2. The van der Waals surface area contributed by atoms with Crippen molar-refractivity contribution >= 4 is 0 Å². The molecule has 2 rings (SSSR count). The molecule has 0 amide bonds. The van der Waals surface area contributed by atoms with Crippen molar-refractivity contribution in [1.29, 1.82) is 5.26 Å². The smallest absolute Gasteiger partial charge is 0.118 e. The van der Waals surface area contributed by atoms with Gasteiger partial charge in [0.05, 0.1) is 26.2 Å². The summed E-state index contributed by atoms with van der Waals surface area (Å²) in [5.41, 5.74) is 2.18. The summed E-state index contributed by atoms with van der Waals surface area (Å²) in [7, 11) is 3.30. The largest absolute Gasteiger partial charge is 0.497 e. The molecular weight excluding hydrogens is 274 g/mol. The summed E-state index contributed by atoms with van der Waals surface area (Å²) in [6, 6.07) is 18.2. The highest BCUT2D eigenvalue weighted by Gasteiger charge is 2.23. The molecule has 0 fully saturated rings. The minimum Gasteiger partial charge on any atom is -0.497 e. The molecule has 2 aromatic rings. The van der Waals surface area contributed by atoms with Gasteiger partial charge < -0.3 is 9.47 Å². The van der Waals surface area contributed by atoms with E-state index in [0.717, 1.165) is 29.0 Å². The van der Waals surface area contributed by atoms with Crippen LogP contribution >= 0.6 is 0 Å². The molecule has 2 aromatic carbocycles. The maximum absolute atomic E-state index is 9.66. The second-order valence-corrected chi connectivity index (χ2v) is 5.17. The summed E-state index contributed by atoms with van der Waals surface area (Å²) in [5, 5.41) is 9.66. The molecule has 0 radical (unpaired) electrons. The zero-order valence-corrected chi connectivity index (χ0v) is 13.2. The molecule has 0 spiro atoms. The standard InChI is InChI=1S/C19H21NO2/c1-4-18(14-5-9-16(21-2)10-6-14)19(13-20)15-7-11-17(22-3)12-8-15/h5-12,18-19H,4H2,1-3H3/t18-,19-/m1/s1. The van der Waals surface area contributed by atoms with Crippen molar-refractivity contribution in [3.63, 3.8) is 0 Å². The number of nitriles is 1. The number of benzene rings is 2. The van der Waals surface area contributed by atoms with Crippen molar-refractivity contribution in [3.05, 3.63) is 59.7 Å². The van der Waals surface area contributed by atoms with Crippen molar-refractivity contribution in [2.75, 3.05) is 14.2 Å². The van der Waals surface area contributed by atoms with Gasteiger partial charge in [-0.25, -0.2) is 0 Å². The van der Waals surface area contributed by atoms with E-state index in [1.165, 1.54) is 0 Å². The van der Waals surface area contributed by atoms with E-state index in [4.69, 9.17) is 9.47 Å². The summed E-state index contributed by atoms with van der Waals surface area (Å²) in [4.78, 5) is 0. The quantitative estimate of drug-likeness (QED) is 0.787. The highest BCUT2D eigenvalue weighted by atomic mass is 16.5. The SMILES string of the molecule is CC[C@H](c1ccc(OC)cc1)[C@H](C#N)c1ccc(OC)cc1. The van der Waals surface area contributed by atoms with Crippen LogP contribution in [-0.2, 0) is 0 Å². The van der Waals surface area contributed by atoms with E-state index < -0.39 is 0 Å². The van der Waals surface area contributed by atoms with Crippen LogP contribution in [0.1, 0.15) is 36.3 Å². The Morgan fingerprint density at radius 3 is 1.68 bits per heavy atom. The first-order chi connectivity index (χ1) is 10.7. The average Bonchev–Trinajstić information content (AvgIpc) is 2.60. The summed E-state index contributed by atoms with van der Waals surface area (Å²) >= 11 is 0. The van der Waals surface area contributed by atoms with E-state index in [2.05, 4.69) is 13.0 Å². The number of ether oxygens (including phenoxy) is 2. The van der Waals surface area contributed by atoms with Crippen molar-refractivity contribution in [1.82, 2.24) is 0 Å². The molecule has 0 aromatic heterocycles. The molecule has 114 valence electrons. The lowest BCUT2D eigenvalue weighted by molar-refractivity contribution is 0.414. The van der Waals surface area contributed by atoms with Gasteiger partial charge in [-0.1, -0.05) is 31.2 Å². The molecule has 0 heterocycles. The van der Waals surface area contributed by atoms with Gasteiger partial charge in [-0.15, -0.1) is 0 Å². The maximum Gasteiger partial charge on any atom is 0.118 e. The Labute approximate surface area is 132 Å². The number of methoxy groups -OCH3 is 2. The Morgan fingerprint density at radius 2 is 1.32 bits per heavy atom. The molecule has 3 nitrogen and oxygen atoms in total. The molecule has 0 bridgehead atoms. The minimum atomic E-state index is -0.177. The first-order valence-corrected chi connectivity index (χ1v) is 7.41. The van der Waals surface area contributed by atoms with Crippen LogP contribution in [0.25, 0.3) is 0 Å². The van der Waals surface area contributed by atoms with Crippen molar-refractivity contribution < 1.29 is 9.47 Å². The van der Waals surface area contributed by atoms with Crippen LogP contribution in [-0.4, -0.2) is 14.2 Å². The third-order valence-electron chi connectivity index (χ3n) is 4.00. The van der Waals surface area contributed by atoms with Crippen LogP contribution in [0.2, 0.25) is 0 Å². The highest BCUT2D eigenvalue weighted by Crippen LogP contribution is 2.36. The van der Waals surface area contributed by atoms with E-state index in [1.807, 2.05) is 48.5 Å². The van der Waals surface area contributed by atoms with E-state index in [-0.39, 0.29) is 11.8 Å². The van der Waals surface area contributed by atoms with Gasteiger partial charge in [0.1, 0.15) is 11.5 Å². The lowest BCUT2D eigenvalue weighted by Gasteiger charge is -2.22. The van der Waals surface area contributed by atoms with Gasteiger partial charge in [0, 0.05) is 5.92 Å². The lowest BCUT2D eigenvalue weighted by Crippen LogP contribution is -2.09. The second kappa shape index (κ2) is 7.51. The highest BCUT2D eigenvalue weighted by molar-refractivity contribution is 5.38. The Kier molecular flexibility index (Phi) is 5.43. The van der Waals surface area contributed by atoms with E-state index in [1.54, 1.807) is 14.2 Å². The summed E-state index contributed by atoms with van der Waals surface area (Å²) in [6.45, 7) is 2.11. The molecule has 0 aliphatic rings. The van der Waals surface area contributed by atoms with Crippen LogP contribution in [0.3, 0.4) is 0 Å². The molecule has 0 unspecified atom stereocenters. The second-order valence-electron chi connectivity index (χ2n) is 5.17. The fourth-order valence-corrected chi connectivity index (χ4v) is 2.72. The average molecular weight is 295 g/mol. The number of nitrogens with zero attached hydrogens (tertiary/aromatic N) is 1. The summed E-state index contributed by atoms with van der Waals surface area (Å²) in [5.74, 6) is 1.61. The molecule has 22 heavy (non-hydrogen) atoms. The van der Waals surface area contributed by atoms with Crippen molar-refractivity contribution in [2.24, 2.45) is 0 Å². The summed E-state index contributed by atoms with van der Waals surface area (Å²) in [6.07, 6.45) is 0.899. The Bertz CT molecular complexity index is 626. The fraction of sp³-hybridized carbons (Fsp3) is 0.316. The third kappa shape index (κ3) is 3.40. The first kappa shape index (κ1) is 15.9. The van der Waals surface area contributed by atoms with Crippen molar-refractivity contribution in [2.45, 2.75) is 25.2 Å². The van der Waals surface area contributed by atoms with Crippen LogP contribution in [0.4, 0.5) is 0 Å².